The van der Waals surface area contributed by atoms with E-state index in [9.17, 15) is 14.0 Å². The van der Waals surface area contributed by atoms with Crippen LogP contribution in [0.3, 0.4) is 0 Å². The SMILES string of the molecule is Cc1ncc(NC(=O)c2cc(F)cc(N3CCCCC3)c2)cc1C(=O)Nc1ccc(NCC2CCCCC2)nc1. The minimum absolute atomic E-state index is 0.218. The van der Waals surface area contributed by atoms with Gasteiger partial charge in [-0.1, -0.05) is 19.3 Å². The van der Waals surface area contributed by atoms with Gasteiger partial charge < -0.3 is 20.9 Å². The van der Waals surface area contributed by atoms with Crippen molar-refractivity contribution in [3.05, 3.63) is 71.4 Å². The number of halogens is 1. The molecule has 40 heavy (non-hydrogen) atoms. The third kappa shape index (κ3) is 7.14. The second-order valence-corrected chi connectivity index (χ2v) is 10.8. The molecule has 1 aliphatic heterocycles. The number of aryl methyl sites for hydroxylation is 1. The Labute approximate surface area is 234 Å². The van der Waals surface area contributed by atoms with Crippen molar-refractivity contribution in [2.75, 3.05) is 40.5 Å². The summed E-state index contributed by atoms with van der Waals surface area (Å²) < 4.78 is 14.4. The van der Waals surface area contributed by atoms with Crippen molar-refractivity contribution in [1.82, 2.24) is 9.97 Å². The van der Waals surface area contributed by atoms with Gasteiger partial charge in [-0.25, -0.2) is 9.37 Å². The third-order valence-electron chi connectivity index (χ3n) is 7.77. The van der Waals surface area contributed by atoms with Crippen molar-refractivity contribution in [3.63, 3.8) is 0 Å². The number of nitrogens with zero attached hydrogens (tertiary/aromatic N) is 3. The van der Waals surface area contributed by atoms with Crippen LogP contribution in [0.2, 0.25) is 0 Å². The summed E-state index contributed by atoms with van der Waals surface area (Å²) in [6.07, 6.45) is 12.8. The van der Waals surface area contributed by atoms with E-state index in [2.05, 4.69) is 30.8 Å². The summed E-state index contributed by atoms with van der Waals surface area (Å²) in [5, 5.41) is 9.02. The highest BCUT2D eigenvalue weighted by Crippen LogP contribution is 2.25. The van der Waals surface area contributed by atoms with Gasteiger partial charge in [-0.2, -0.15) is 0 Å². The molecule has 3 heterocycles. The van der Waals surface area contributed by atoms with Gasteiger partial charge in [0.15, 0.2) is 0 Å². The molecule has 1 saturated heterocycles. The Kier molecular flexibility index (Phi) is 8.88. The number of carbonyl (C=O) groups is 2. The summed E-state index contributed by atoms with van der Waals surface area (Å²) >= 11 is 0. The Morgan fingerprint density at radius 3 is 2.35 bits per heavy atom. The number of benzene rings is 1. The lowest BCUT2D eigenvalue weighted by atomic mass is 9.89. The average Bonchev–Trinajstić information content (AvgIpc) is 2.98. The van der Waals surface area contributed by atoms with Gasteiger partial charge in [0.2, 0.25) is 0 Å². The summed E-state index contributed by atoms with van der Waals surface area (Å²) in [6, 6.07) is 9.64. The largest absolute Gasteiger partial charge is 0.371 e. The number of pyridine rings is 2. The molecule has 1 saturated carbocycles. The number of anilines is 4. The smallest absolute Gasteiger partial charge is 0.257 e. The summed E-state index contributed by atoms with van der Waals surface area (Å²) in [5.41, 5.74) is 2.68. The van der Waals surface area contributed by atoms with Crippen LogP contribution in [0.4, 0.5) is 27.3 Å². The lowest BCUT2D eigenvalue weighted by Crippen LogP contribution is -2.29. The molecule has 5 rings (SSSR count). The second kappa shape index (κ2) is 12.9. The van der Waals surface area contributed by atoms with Crippen molar-refractivity contribution >= 4 is 34.7 Å². The molecule has 0 unspecified atom stereocenters. The molecular formula is C31H37FN6O2. The van der Waals surface area contributed by atoms with Gasteiger partial charge >= 0.3 is 0 Å². The quantitative estimate of drug-likeness (QED) is 0.303. The normalized spacial score (nSPS) is 15.9. The highest BCUT2D eigenvalue weighted by molar-refractivity contribution is 6.08. The number of rotatable bonds is 8. The van der Waals surface area contributed by atoms with Gasteiger partial charge in [0.1, 0.15) is 11.6 Å². The Balaban J connectivity index is 1.21. The van der Waals surface area contributed by atoms with Crippen molar-refractivity contribution in [2.45, 2.75) is 58.3 Å². The van der Waals surface area contributed by atoms with Crippen LogP contribution in [0.5, 0.6) is 0 Å². The zero-order valence-electron chi connectivity index (χ0n) is 23.0. The zero-order chi connectivity index (χ0) is 27.9. The van der Waals surface area contributed by atoms with E-state index in [1.165, 1.54) is 50.4 Å². The van der Waals surface area contributed by atoms with E-state index in [0.29, 0.717) is 34.2 Å². The number of hydrogen-bond acceptors (Lipinski definition) is 6. The molecule has 210 valence electrons. The number of hydrogen-bond donors (Lipinski definition) is 3. The first-order chi connectivity index (χ1) is 19.4. The van der Waals surface area contributed by atoms with Crippen LogP contribution in [-0.2, 0) is 0 Å². The molecule has 2 aromatic heterocycles. The van der Waals surface area contributed by atoms with Crippen LogP contribution >= 0.6 is 0 Å². The average molecular weight is 545 g/mol. The van der Waals surface area contributed by atoms with E-state index in [4.69, 9.17) is 0 Å². The van der Waals surface area contributed by atoms with Crippen LogP contribution < -0.4 is 20.9 Å². The Morgan fingerprint density at radius 2 is 1.60 bits per heavy atom. The molecule has 2 aliphatic rings. The lowest BCUT2D eigenvalue weighted by Gasteiger charge is -2.29. The first-order valence-corrected chi connectivity index (χ1v) is 14.3. The molecule has 2 amide bonds. The molecule has 1 aliphatic carbocycles. The number of piperidine rings is 1. The van der Waals surface area contributed by atoms with Crippen LogP contribution in [0.15, 0.2) is 48.8 Å². The lowest BCUT2D eigenvalue weighted by molar-refractivity contribution is 0.101. The van der Waals surface area contributed by atoms with Gasteiger partial charge in [-0.15, -0.1) is 0 Å². The van der Waals surface area contributed by atoms with Crippen molar-refractivity contribution in [1.29, 1.82) is 0 Å². The molecule has 2 fully saturated rings. The van der Waals surface area contributed by atoms with Gasteiger partial charge in [-0.3, -0.25) is 14.6 Å². The van der Waals surface area contributed by atoms with E-state index < -0.39 is 11.7 Å². The van der Waals surface area contributed by atoms with Crippen LogP contribution in [-0.4, -0.2) is 41.4 Å². The maximum atomic E-state index is 14.4. The fourth-order valence-corrected chi connectivity index (χ4v) is 5.49. The molecule has 0 spiro atoms. The molecule has 3 aromatic rings. The van der Waals surface area contributed by atoms with Crippen molar-refractivity contribution < 1.29 is 14.0 Å². The van der Waals surface area contributed by atoms with Crippen LogP contribution in [0.25, 0.3) is 0 Å². The van der Waals surface area contributed by atoms with Gasteiger partial charge in [0.25, 0.3) is 11.8 Å². The Bertz CT molecular complexity index is 1330. The molecule has 0 radical (unpaired) electrons. The predicted molar refractivity (Wildman–Crippen MR) is 157 cm³/mol. The number of carbonyl (C=O) groups excluding carboxylic acids is 2. The van der Waals surface area contributed by atoms with Crippen molar-refractivity contribution in [2.24, 2.45) is 5.92 Å². The minimum Gasteiger partial charge on any atom is -0.371 e. The number of amides is 2. The van der Waals surface area contributed by atoms with E-state index in [1.807, 2.05) is 12.1 Å². The first kappa shape index (κ1) is 27.6. The summed E-state index contributed by atoms with van der Waals surface area (Å²) in [4.78, 5) is 36.9. The molecule has 1 aromatic carbocycles. The first-order valence-electron chi connectivity index (χ1n) is 14.3. The van der Waals surface area contributed by atoms with Crippen LogP contribution in [0.1, 0.15) is 77.8 Å². The Morgan fingerprint density at radius 1 is 0.875 bits per heavy atom. The highest BCUT2D eigenvalue weighted by Gasteiger charge is 2.18. The standard InChI is InChI=1S/C31H37FN6O2/c1-21-28(31(40)36-25-10-11-29(35-19-25)34-18-22-8-4-2-5-9-22)17-26(20-33-21)37-30(39)23-14-24(32)16-27(15-23)38-12-6-3-7-13-38/h10-11,14-17,19-20,22H,2-9,12-13,18H2,1H3,(H,34,35)(H,36,40)(H,37,39). The van der Waals surface area contributed by atoms with E-state index >= 15 is 0 Å². The maximum absolute atomic E-state index is 14.4. The minimum atomic E-state index is -0.463. The Hall–Kier alpha value is -4.01. The van der Waals surface area contributed by atoms with Gasteiger partial charge in [0, 0.05) is 30.9 Å². The van der Waals surface area contributed by atoms with Gasteiger partial charge in [0.05, 0.1) is 35.0 Å². The summed E-state index contributed by atoms with van der Waals surface area (Å²) in [5.74, 6) is 0.195. The van der Waals surface area contributed by atoms with E-state index in [-0.39, 0.29) is 11.5 Å². The van der Waals surface area contributed by atoms with Gasteiger partial charge in [-0.05, 0) is 81.3 Å². The monoisotopic (exact) mass is 544 g/mol. The van der Waals surface area contributed by atoms with E-state index in [1.54, 1.807) is 25.3 Å². The molecular weight excluding hydrogens is 507 g/mol. The molecule has 9 heteroatoms. The molecule has 8 nitrogen and oxygen atoms in total. The second-order valence-electron chi connectivity index (χ2n) is 10.8. The van der Waals surface area contributed by atoms with E-state index in [0.717, 1.165) is 44.7 Å². The zero-order valence-corrected chi connectivity index (χ0v) is 23.0. The molecule has 0 bridgehead atoms. The third-order valence-corrected chi connectivity index (χ3v) is 7.77. The summed E-state index contributed by atoms with van der Waals surface area (Å²) in [6.45, 7) is 4.34. The number of nitrogens with one attached hydrogen (secondary N) is 3. The molecule has 3 N–H and O–H groups in total. The predicted octanol–water partition coefficient (Wildman–Crippen LogP) is 6.41. The maximum Gasteiger partial charge on any atom is 0.257 e. The fraction of sp³-hybridized carbons (Fsp3) is 0.419. The highest BCUT2D eigenvalue weighted by atomic mass is 19.1. The van der Waals surface area contributed by atoms with Crippen molar-refractivity contribution in [3.8, 4) is 0 Å². The molecule has 0 atom stereocenters. The van der Waals surface area contributed by atoms with Crippen LogP contribution in [0, 0.1) is 18.7 Å². The topological polar surface area (TPSA) is 99.2 Å². The number of aromatic nitrogens is 2. The summed E-state index contributed by atoms with van der Waals surface area (Å²) in [7, 11) is 0. The fourth-order valence-electron chi connectivity index (χ4n) is 5.49.